The molecular formula is C17H20N4O3S. The molecule has 3 aliphatic rings. The summed E-state index contributed by atoms with van der Waals surface area (Å²) < 4.78 is 1.40. The highest BCUT2D eigenvalue weighted by Gasteiger charge is 2.41. The van der Waals surface area contributed by atoms with Gasteiger partial charge in [0, 0.05) is 43.4 Å². The second-order valence-electron chi connectivity index (χ2n) is 6.70. The molecule has 5 rings (SSSR count). The summed E-state index contributed by atoms with van der Waals surface area (Å²) in [5.41, 5.74) is -0.267. The molecule has 0 aromatic carbocycles. The SMILES string of the molecule is CCCN1C(=O)[C@@H]2CC[C@H]1CN(C(=O)c1cnc3sccn3c1=O)C2. The van der Waals surface area contributed by atoms with Crippen LogP contribution in [0.15, 0.2) is 22.6 Å². The van der Waals surface area contributed by atoms with Gasteiger partial charge in [0.2, 0.25) is 5.91 Å². The number of piperidine rings is 1. The molecule has 0 N–H and O–H groups in total. The van der Waals surface area contributed by atoms with E-state index in [1.807, 2.05) is 4.90 Å². The molecule has 2 amide bonds. The molecule has 3 aliphatic heterocycles. The Kier molecular flexibility index (Phi) is 4.07. The van der Waals surface area contributed by atoms with Crippen LogP contribution in [-0.2, 0) is 4.79 Å². The third kappa shape index (κ3) is 2.64. The van der Waals surface area contributed by atoms with Crippen LogP contribution in [0.2, 0.25) is 0 Å². The van der Waals surface area contributed by atoms with Gasteiger partial charge in [0.05, 0.1) is 5.92 Å². The first-order chi connectivity index (χ1) is 12.1. The molecule has 2 atom stereocenters. The first-order valence-electron chi connectivity index (χ1n) is 8.64. The van der Waals surface area contributed by atoms with Crippen LogP contribution in [-0.4, -0.2) is 56.7 Å². The highest BCUT2D eigenvalue weighted by molar-refractivity contribution is 7.15. The van der Waals surface area contributed by atoms with E-state index >= 15 is 0 Å². The number of nitrogens with zero attached hydrogens (tertiary/aromatic N) is 4. The molecule has 2 aromatic heterocycles. The van der Waals surface area contributed by atoms with Crippen LogP contribution >= 0.6 is 11.3 Å². The van der Waals surface area contributed by atoms with E-state index in [2.05, 4.69) is 11.9 Å². The van der Waals surface area contributed by atoms with Crippen molar-refractivity contribution in [2.75, 3.05) is 19.6 Å². The summed E-state index contributed by atoms with van der Waals surface area (Å²) in [5.74, 6) is -0.326. The Balaban J connectivity index is 1.65. The average molecular weight is 360 g/mol. The van der Waals surface area contributed by atoms with Crippen molar-refractivity contribution in [2.24, 2.45) is 5.92 Å². The number of aromatic nitrogens is 2. The predicted octanol–water partition coefficient (Wildman–Crippen LogP) is 1.23. The quantitative estimate of drug-likeness (QED) is 0.825. The first-order valence-corrected chi connectivity index (χ1v) is 9.52. The van der Waals surface area contributed by atoms with Crippen molar-refractivity contribution in [1.82, 2.24) is 19.2 Å². The normalized spacial score (nSPS) is 23.3. The van der Waals surface area contributed by atoms with Crippen LogP contribution in [0, 0.1) is 5.92 Å². The summed E-state index contributed by atoms with van der Waals surface area (Å²) in [5, 5.41) is 1.77. The van der Waals surface area contributed by atoms with Crippen molar-refractivity contribution in [3.8, 4) is 0 Å². The lowest BCUT2D eigenvalue weighted by molar-refractivity contribution is -0.139. The van der Waals surface area contributed by atoms with E-state index in [1.54, 1.807) is 16.5 Å². The number of hydrogen-bond donors (Lipinski definition) is 0. The number of rotatable bonds is 3. The van der Waals surface area contributed by atoms with Crippen molar-refractivity contribution in [1.29, 1.82) is 0 Å². The minimum Gasteiger partial charge on any atom is -0.338 e. The van der Waals surface area contributed by atoms with Gasteiger partial charge in [0.1, 0.15) is 5.56 Å². The first kappa shape index (κ1) is 16.3. The summed E-state index contributed by atoms with van der Waals surface area (Å²) >= 11 is 1.35. The molecule has 2 aromatic rings. The smallest absolute Gasteiger partial charge is 0.271 e. The Morgan fingerprint density at radius 2 is 2.16 bits per heavy atom. The standard InChI is InChI=1S/C17H20N4O3S/c1-2-5-20-12-4-3-11(14(20)22)9-19(10-12)15(23)13-8-18-17-21(16(13)24)6-7-25-17/h6-8,11-12H,2-5,9-10H2,1H3/t11-,12+/m1/s1. The lowest BCUT2D eigenvalue weighted by Crippen LogP contribution is -2.48. The van der Waals surface area contributed by atoms with E-state index in [1.165, 1.54) is 21.9 Å². The maximum atomic E-state index is 13.0. The van der Waals surface area contributed by atoms with Crippen LogP contribution in [0.5, 0.6) is 0 Å². The number of carbonyl (C=O) groups is 2. The number of thiazole rings is 1. The number of amides is 2. The lowest BCUT2D eigenvalue weighted by atomic mass is 9.94. The molecule has 0 aliphatic carbocycles. The fourth-order valence-electron chi connectivity index (χ4n) is 3.88. The van der Waals surface area contributed by atoms with E-state index < -0.39 is 0 Å². The second kappa shape index (κ2) is 6.25. The highest BCUT2D eigenvalue weighted by Crippen LogP contribution is 2.29. The van der Waals surface area contributed by atoms with Crippen LogP contribution in [0.25, 0.3) is 4.96 Å². The monoisotopic (exact) mass is 360 g/mol. The summed E-state index contributed by atoms with van der Waals surface area (Å²) in [4.78, 5) is 46.6. The Labute approximate surface area is 148 Å². The number of hydrogen-bond acceptors (Lipinski definition) is 5. The topological polar surface area (TPSA) is 75.0 Å². The molecule has 25 heavy (non-hydrogen) atoms. The number of carbonyl (C=O) groups excluding carboxylic acids is 2. The van der Waals surface area contributed by atoms with Crippen LogP contribution in [0.4, 0.5) is 0 Å². The van der Waals surface area contributed by atoms with Gasteiger partial charge < -0.3 is 9.80 Å². The van der Waals surface area contributed by atoms with Gasteiger partial charge in [0.25, 0.3) is 11.5 Å². The van der Waals surface area contributed by atoms with E-state index in [0.717, 1.165) is 25.8 Å². The molecule has 132 valence electrons. The zero-order chi connectivity index (χ0) is 17.6. The zero-order valence-corrected chi connectivity index (χ0v) is 14.9. The molecule has 8 heteroatoms. The maximum absolute atomic E-state index is 13.0. The van der Waals surface area contributed by atoms with Gasteiger partial charge in [-0.25, -0.2) is 4.98 Å². The van der Waals surface area contributed by atoms with Gasteiger partial charge in [-0.3, -0.25) is 18.8 Å². The molecule has 0 spiro atoms. The van der Waals surface area contributed by atoms with E-state index in [-0.39, 0.29) is 34.9 Å². The Morgan fingerprint density at radius 3 is 2.96 bits per heavy atom. The third-order valence-electron chi connectivity index (χ3n) is 5.12. The Hall–Kier alpha value is -2.22. The van der Waals surface area contributed by atoms with E-state index in [9.17, 15) is 14.4 Å². The third-order valence-corrected chi connectivity index (χ3v) is 5.89. The van der Waals surface area contributed by atoms with Gasteiger partial charge >= 0.3 is 0 Å². The van der Waals surface area contributed by atoms with Crippen molar-refractivity contribution in [2.45, 2.75) is 32.2 Å². The summed E-state index contributed by atoms with van der Waals surface area (Å²) in [6, 6.07) is 0.0516. The lowest BCUT2D eigenvalue weighted by Gasteiger charge is -2.35. The van der Waals surface area contributed by atoms with Gasteiger partial charge in [-0.2, -0.15) is 0 Å². The summed E-state index contributed by atoms with van der Waals surface area (Å²) in [6.45, 7) is 3.66. The molecule has 0 saturated carbocycles. The fourth-order valence-corrected chi connectivity index (χ4v) is 4.56. The van der Waals surface area contributed by atoms with Gasteiger partial charge in [-0.05, 0) is 19.3 Å². The molecule has 2 bridgehead atoms. The van der Waals surface area contributed by atoms with Crippen LogP contribution in [0.1, 0.15) is 36.5 Å². The van der Waals surface area contributed by atoms with Gasteiger partial charge in [0.15, 0.2) is 4.96 Å². The summed E-state index contributed by atoms with van der Waals surface area (Å²) in [7, 11) is 0. The predicted molar refractivity (Wildman–Crippen MR) is 93.8 cm³/mol. The van der Waals surface area contributed by atoms with E-state index in [0.29, 0.717) is 18.1 Å². The van der Waals surface area contributed by atoms with E-state index in [4.69, 9.17) is 0 Å². The molecule has 3 fully saturated rings. The molecule has 7 nitrogen and oxygen atoms in total. The maximum Gasteiger partial charge on any atom is 0.271 e. The van der Waals surface area contributed by atoms with Gasteiger partial charge in [-0.1, -0.05) is 6.92 Å². The molecule has 5 heterocycles. The number of fused-ring (bicyclic) bond motifs is 5. The minimum atomic E-state index is -0.343. The fraction of sp³-hybridized carbons (Fsp3) is 0.529. The van der Waals surface area contributed by atoms with Crippen LogP contribution in [0.3, 0.4) is 0 Å². The average Bonchev–Trinajstić information content (AvgIpc) is 2.93. The van der Waals surface area contributed by atoms with Crippen molar-refractivity contribution in [3.05, 3.63) is 33.7 Å². The van der Waals surface area contributed by atoms with Crippen molar-refractivity contribution >= 4 is 28.1 Å². The molecular weight excluding hydrogens is 340 g/mol. The molecule has 3 saturated heterocycles. The summed E-state index contributed by atoms with van der Waals surface area (Å²) in [6.07, 6.45) is 5.64. The van der Waals surface area contributed by atoms with Crippen LogP contribution < -0.4 is 5.56 Å². The largest absolute Gasteiger partial charge is 0.338 e. The highest BCUT2D eigenvalue weighted by atomic mass is 32.1. The van der Waals surface area contributed by atoms with Crippen molar-refractivity contribution in [3.63, 3.8) is 0 Å². The minimum absolute atomic E-state index is 0.0516. The van der Waals surface area contributed by atoms with Crippen molar-refractivity contribution < 1.29 is 9.59 Å². The second-order valence-corrected chi connectivity index (χ2v) is 7.58. The molecule has 0 radical (unpaired) electrons. The Bertz CT molecular complexity index is 889. The zero-order valence-electron chi connectivity index (χ0n) is 14.1. The molecule has 0 unspecified atom stereocenters. The Morgan fingerprint density at radius 1 is 1.32 bits per heavy atom. The van der Waals surface area contributed by atoms with Gasteiger partial charge in [-0.15, -0.1) is 11.3 Å².